The van der Waals surface area contributed by atoms with Crippen molar-refractivity contribution in [2.75, 3.05) is 0 Å². The van der Waals surface area contributed by atoms with Crippen LogP contribution in [0.25, 0.3) is 87.3 Å². The first-order valence-corrected chi connectivity index (χ1v) is 19.8. The van der Waals surface area contributed by atoms with Crippen LogP contribution in [0.4, 0.5) is 38.9 Å². The van der Waals surface area contributed by atoms with E-state index in [9.17, 15) is 38.9 Å². The van der Waals surface area contributed by atoms with Crippen molar-refractivity contribution in [2.45, 2.75) is 9.79 Å². The molecule has 0 bridgehead atoms. The molecule has 0 aliphatic carbocycles. The molecule has 8 aromatic carbocycles. The van der Waals surface area contributed by atoms with E-state index in [4.69, 9.17) is 4.42 Å². The van der Waals surface area contributed by atoms with Crippen LogP contribution in [0, 0.1) is 0 Å². The van der Waals surface area contributed by atoms with Crippen molar-refractivity contribution in [3.8, 4) is 22.3 Å². The fraction of sp³-hybridized carbons (Fsp3) is 0. The summed E-state index contributed by atoms with van der Waals surface area (Å²) in [6, 6.07) is 30.1. The molecule has 0 spiro atoms. The zero-order chi connectivity index (χ0) is 37.5. The van der Waals surface area contributed by atoms with Gasteiger partial charge in [-0.1, -0.05) is 160 Å². The summed E-state index contributed by atoms with van der Waals surface area (Å²) in [5.41, 5.74) is 1.63. The number of furan rings is 1. The fourth-order valence-electron chi connectivity index (χ4n) is 7.76. The third-order valence-electron chi connectivity index (χ3n) is 9.59. The number of benzene rings is 8. The van der Waals surface area contributed by atoms with Crippen molar-refractivity contribution in [1.82, 2.24) is 0 Å². The molecule has 1 nitrogen and oxygen atoms in total. The minimum atomic E-state index is -10.2. The lowest BCUT2D eigenvalue weighted by atomic mass is 9.90. The number of para-hydroxylation sites is 1. The van der Waals surface area contributed by atoms with Gasteiger partial charge in [-0.2, -0.15) is 0 Å². The van der Waals surface area contributed by atoms with Crippen molar-refractivity contribution >= 4 is 85.5 Å². The summed E-state index contributed by atoms with van der Waals surface area (Å²) in [5, 5.41) is -1.90. The van der Waals surface area contributed by atoms with Crippen LogP contribution in [0.5, 0.6) is 0 Å². The second-order valence-corrected chi connectivity index (χ2v) is 17.7. The quantitative estimate of drug-likeness (QED) is 0.128. The molecule has 0 fully saturated rings. The molecule has 0 saturated carbocycles. The molecule has 53 heavy (non-hydrogen) atoms. The minimum absolute atomic E-state index is 0.0624. The lowest BCUT2D eigenvalue weighted by molar-refractivity contribution is 0.363. The van der Waals surface area contributed by atoms with Crippen LogP contribution in [0.3, 0.4) is 0 Å². The van der Waals surface area contributed by atoms with E-state index in [0.717, 1.165) is 24.3 Å². The van der Waals surface area contributed by atoms with Crippen LogP contribution in [0.1, 0.15) is 0 Å². The topological polar surface area (TPSA) is 13.1 Å². The number of hydrogen-bond donors (Lipinski definition) is 0. The third-order valence-corrected chi connectivity index (χ3v) is 12.0. The first-order chi connectivity index (χ1) is 24.6. The monoisotopic (exact) mass is 772 g/mol. The van der Waals surface area contributed by atoms with Crippen molar-refractivity contribution in [3.63, 3.8) is 0 Å². The largest absolute Gasteiger partial charge is 0.455 e. The molecule has 0 amide bonds. The van der Waals surface area contributed by atoms with Crippen LogP contribution in [-0.2, 0) is 0 Å². The highest BCUT2D eigenvalue weighted by atomic mass is 32.5. The van der Waals surface area contributed by atoms with E-state index < -0.39 is 51.8 Å². The van der Waals surface area contributed by atoms with Crippen LogP contribution < -0.4 is 0 Å². The summed E-state index contributed by atoms with van der Waals surface area (Å²) in [5.74, 6) is 0. The lowest BCUT2D eigenvalue weighted by Gasteiger charge is -2.42. The van der Waals surface area contributed by atoms with E-state index in [2.05, 4.69) is 0 Å². The fourth-order valence-corrected chi connectivity index (χ4v) is 10.1. The molecular weight excluding hydrogens is 751 g/mol. The Balaban J connectivity index is 1.35. The maximum absolute atomic E-state index is 14.7. The van der Waals surface area contributed by atoms with Gasteiger partial charge in [-0.05, 0) is 44.8 Å². The van der Waals surface area contributed by atoms with Crippen LogP contribution in [-0.4, -0.2) is 0 Å². The predicted molar refractivity (Wildman–Crippen MR) is 197 cm³/mol. The van der Waals surface area contributed by atoms with Gasteiger partial charge in [-0.3, -0.25) is 0 Å². The molecule has 1 aromatic heterocycles. The SMILES string of the molecule is FS(F)(F)(F)(F)c1c2ccccc2c(-c2ccc3c(c2)oc2c(-c4c5ccccc5c(S(F)(F)(F)(F)F)c5ccccc45)cccc23)c2ccccc12. The maximum Gasteiger partial charge on any atom is 0.311 e. The Morgan fingerprint density at radius 1 is 0.340 bits per heavy atom. The highest BCUT2D eigenvalue weighted by Gasteiger charge is 2.68. The Labute approximate surface area is 293 Å². The van der Waals surface area contributed by atoms with Gasteiger partial charge in [0.1, 0.15) is 21.0 Å². The van der Waals surface area contributed by atoms with Crippen LogP contribution in [0.2, 0.25) is 0 Å². The van der Waals surface area contributed by atoms with E-state index >= 15 is 0 Å². The molecule has 0 saturated heterocycles. The second kappa shape index (κ2) is 9.39. The summed E-state index contributed by atoms with van der Waals surface area (Å²) in [4.78, 5) is -3.94. The number of fused-ring (bicyclic) bond motifs is 7. The molecule has 0 unspecified atom stereocenters. The zero-order valence-electron chi connectivity index (χ0n) is 26.7. The Kier molecular flexibility index (Phi) is 5.92. The molecule has 1 heterocycles. The summed E-state index contributed by atoms with van der Waals surface area (Å²) in [6.07, 6.45) is 0. The van der Waals surface area contributed by atoms with Gasteiger partial charge in [0.2, 0.25) is 0 Å². The molecular formula is C40H22F10OS2. The molecule has 9 rings (SSSR count). The first kappa shape index (κ1) is 33.4. The molecule has 13 heteroatoms. The minimum Gasteiger partial charge on any atom is -0.455 e. The number of halogens is 10. The van der Waals surface area contributed by atoms with E-state index in [-0.39, 0.29) is 43.8 Å². The van der Waals surface area contributed by atoms with Gasteiger partial charge in [0.15, 0.2) is 0 Å². The highest BCUT2D eigenvalue weighted by Crippen LogP contribution is 3.04. The average Bonchev–Trinajstić information content (AvgIpc) is 3.45. The Morgan fingerprint density at radius 3 is 1.13 bits per heavy atom. The van der Waals surface area contributed by atoms with Crippen LogP contribution in [0.15, 0.2) is 148 Å². The normalized spacial score (nSPS) is 15.6. The van der Waals surface area contributed by atoms with Gasteiger partial charge in [-0.25, -0.2) is 0 Å². The summed E-state index contributed by atoms with van der Waals surface area (Å²) >= 11 is 0. The standard InChI is InChI=1S/C40H22F10OS2/c41-52(42,43,44,45)39-30-14-5-1-10-25(30)36(26-11-2-6-15-31(26)39)23-20-21-24-29-18-9-19-34(38(29)51-35(24)22-23)37-27-12-3-7-16-32(27)40(53(46,47,48,49)50)33-17-8-4-13-28(33)37/h1-22H. The maximum atomic E-state index is 14.7. The first-order valence-electron chi connectivity index (χ1n) is 15.9. The molecule has 0 aliphatic rings. The predicted octanol–water partition coefficient (Wildman–Crippen LogP) is 16.8. The second-order valence-electron chi connectivity index (χ2n) is 13.0. The molecule has 0 atom stereocenters. The molecule has 0 aliphatic heterocycles. The van der Waals surface area contributed by atoms with Gasteiger partial charge in [0, 0.05) is 43.4 Å². The Hall–Kier alpha value is -5.40. The molecule has 270 valence electrons. The van der Waals surface area contributed by atoms with Crippen molar-refractivity contribution in [2.24, 2.45) is 0 Å². The number of hydrogen-bond acceptors (Lipinski definition) is 1. The van der Waals surface area contributed by atoms with Crippen LogP contribution >= 0.6 is 20.4 Å². The third kappa shape index (κ3) is 5.19. The average molecular weight is 773 g/mol. The van der Waals surface area contributed by atoms with E-state index in [1.165, 1.54) is 72.8 Å². The van der Waals surface area contributed by atoms with Crippen molar-refractivity contribution in [1.29, 1.82) is 0 Å². The van der Waals surface area contributed by atoms with Gasteiger partial charge >= 0.3 is 20.4 Å². The van der Waals surface area contributed by atoms with E-state index in [1.807, 2.05) is 0 Å². The van der Waals surface area contributed by atoms with Crippen molar-refractivity contribution < 1.29 is 43.3 Å². The summed E-state index contributed by atoms with van der Waals surface area (Å²) in [7, 11) is -20.5. The van der Waals surface area contributed by atoms with Gasteiger partial charge < -0.3 is 4.42 Å². The number of rotatable bonds is 4. The zero-order valence-corrected chi connectivity index (χ0v) is 28.3. The highest BCUT2D eigenvalue weighted by molar-refractivity contribution is 8.46. The van der Waals surface area contributed by atoms with Gasteiger partial charge in [0.25, 0.3) is 0 Å². The molecule has 0 radical (unpaired) electrons. The Morgan fingerprint density at radius 2 is 0.717 bits per heavy atom. The smallest absolute Gasteiger partial charge is 0.311 e. The van der Waals surface area contributed by atoms with Gasteiger partial charge in [-0.15, -0.1) is 0 Å². The summed E-state index contributed by atoms with van der Waals surface area (Å²) in [6.45, 7) is 0. The molecule has 9 aromatic rings. The van der Waals surface area contributed by atoms with Crippen molar-refractivity contribution in [3.05, 3.63) is 133 Å². The van der Waals surface area contributed by atoms with Gasteiger partial charge in [0.05, 0.1) is 0 Å². The van der Waals surface area contributed by atoms with E-state index in [1.54, 1.807) is 36.4 Å². The van der Waals surface area contributed by atoms with E-state index in [0.29, 0.717) is 21.9 Å². The summed E-state index contributed by atoms with van der Waals surface area (Å²) < 4.78 is 153. The molecule has 0 N–H and O–H groups in total. The Bertz CT molecular complexity index is 2970. The lowest BCUT2D eigenvalue weighted by Crippen LogP contribution is -2.08.